The van der Waals surface area contributed by atoms with Crippen LogP contribution in [0.25, 0.3) is 0 Å². The molecule has 0 unspecified atom stereocenters. The van der Waals surface area contributed by atoms with E-state index in [1.54, 1.807) is 0 Å². The smallest absolute Gasteiger partial charge is 0.0514 e. The van der Waals surface area contributed by atoms with Crippen LogP contribution in [0.15, 0.2) is 70.6 Å². The van der Waals surface area contributed by atoms with E-state index in [0.29, 0.717) is 0 Å². The molecule has 108 valence electrons. The molecule has 0 aliphatic rings. The molecule has 0 spiro atoms. The van der Waals surface area contributed by atoms with Crippen molar-refractivity contribution in [3.05, 3.63) is 71.8 Å². The highest BCUT2D eigenvalue weighted by molar-refractivity contribution is 5.79. The van der Waals surface area contributed by atoms with E-state index in [9.17, 15) is 0 Å². The van der Waals surface area contributed by atoms with Gasteiger partial charge in [-0.15, -0.1) is 0 Å². The van der Waals surface area contributed by atoms with Gasteiger partial charge in [0.2, 0.25) is 0 Å². The van der Waals surface area contributed by atoms with Gasteiger partial charge < -0.3 is 5.32 Å². The maximum absolute atomic E-state index is 4.38. The Balaban J connectivity index is 1.52. The Bertz CT molecular complexity index is 496. The zero-order valence-electron chi connectivity index (χ0n) is 12.2. The van der Waals surface area contributed by atoms with Gasteiger partial charge in [0.25, 0.3) is 0 Å². The summed E-state index contributed by atoms with van der Waals surface area (Å²) in [5.74, 6) is 0. The molecule has 21 heavy (non-hydrogen) atoms. The Morgan fingerprint density at radius 2 is 1.10 bits per heavy atom. The van der Waals surface area contributed by atoms with Crippen LogP contribution in [0.2, 0.25) is 0 Å². The van der Waals surface area contributed by atoms with Crippen LogP contribution in [0.1, 0.15) is 11.1 Å². The van der Waals surface area contributed by atoms with E-state index in [0.717, 1.165) is 37.3 Å². The van der Waals surface area contributed by atoms with Gasteiger partial charge in [0, 0.05) is 25.5 Å². The Morgan fingerprint density at radius 1 is 0.667 bits per heavy atom. The van der Waals surface area contributed by atoms with Crippen LogP contribution in [-0.2, 0) is 0 Å². The third kappa shape index (κ3) is 6.63. The summed E-state index contributed by atoms with van der Waals surface area (Å²) in [6, 6.07) is 20.3. The van der Waals surface area contributed by atoms with Crippen molar-refractivity contribution in [3.63, 3.8) is 0 Å². The van der Waals surface area contributed by atoms with Crippen LogP contribution < -0.4 is 5.32 Å². The molecular formula is C18H21N3. The third-order valence-corrected chi connectivity index (χ3v) is 2.92. The molecule has 2 rings (SSSR count). The minimum atomic E-state index is 0.789. The summed E-state index contributed by atoms with van der Waals surface area (Å²) >= 11 is 0. The SMILES string of the molecule is C(=NCCNCCN=Cc1ccccc1)c1ccccc1. The van der Waals surface area contributed by atoms with E-state index < -0.39 is 0 Å². The van der Waals surface area contributed by atoms with Crippen LogP contribution in [0, 0.1) is 0 Å². The molecule has 2 aromatic rings. The highest BCUT2D eigenvalue weighted by Crippen LogP contribution is 1.94. The van der Waals surface area contributed by atoms with Gasteiger partial charge in [0.1, 0.15) is 0 Å². The molecule has 0 amide bonds. The van der Waals surface area contributed by atoms with Crippen molar-refractivity contribution < 1.29 is 0 Å². The van der Waals surface area contributed by atoms with Gasteiger partial charge in [-0.1, -0.05) is 60.7 Å². The number of rotatable bonds is 8. The Labute approximate surface area is 126 Å². The number of hydrogen-bond acceptors (Lipinski definition) is 3. The maximum Gasteiger partial charge on any atom is 0.0514 e. The first-order valence-corrected chi connectivity index (χ1v) is 7.25. The lowest BCUT2D eigenvalue weighted by Gasteiger charge is -1.99. The Kier molecular flexibility index (Phi) is 6.93. The van der Waals surface area contributed by atoms with Gasteiger partial charge in [0.15, 0.2) is 0 Å². The number of nitrogens with zero attached hydrogens (tertiary/aromatic N) is 2. The fraction of sp³-hybridized carbons (Fsp3) is 0.222. The van der Waals surface area contributed by atoms with Gasteiger partial charge in [-0.05, 0) is 11.1 Å². The molecule has 1 N–H and O–H groups in total. The lowest BCUT2D eigenvalue weighted by molar-refractivity contribution is 0.699. The average molecular weight is 279 g/mol. The molecule has 0 bridgehead atoms. The molecule has 0 saturated carbocycles. The van der Waals surface area contributed by atoms with Gasteiger partial charge >= 0.3 is 0 Å². The standard InChI is InChI=1S/C18H21N3/c1-3-7-17(8-4-1)15-20-13-11-19-12-14-21-16-18-9-5-2-6-10-18/h1-10,15-16,19H,11-14H2. The first-order chi connectivity index (χ1) is 10.4. The first-order valence-electron chi connectivity index (χ1n) is 7.25. The second-order valence-electron chi connectivity index (χ2n) is 4.64. The third-order valence-electron chi connectivity index (χ3n) is 2.92. The summed E-state index contributed by atoms with van der Waals surface area (Å²) in [6.45, 7) is 3.34. The van der Waals surface area contributed by atoms with Gasteiger partial charge in [-0.2, -0.15) is 0 Å². The van der Waals surface area contributed by atoms with E-state index in [2.05, 4.69) is 39.6 Å². The van der Waals surface area contributed by atoms with Crippen molar-refractivity contribution in [1.29, 1.82) is 0 Å². The highest BCUT2D eigenvalue weighted by Gasteiger charge is 1.87. The number of nitrogens with one attached hydrogen (secondary N) is 1. The molecule has 0 aliphatic carbocycles. The summed E-state index contributed by atoms with van der Waals surface area (Å²) in [4.78, 5) is 8.76. The van der Waals surface area contributed by atoms with Crippen LogP contribution in [0.5, 0.6) is 0 Å². The van der Waals surface area contributed by atoms with Crippen LogP contribution in [0.4, 0.5) is 0 Å². The lowest BCUT2D eigenvalue weighted by Crippen LogP contribution is -2.20. The second-order valence-corrected chi connectivity index (χ2v) is 4.64. The summed E-state index contributed by atoms with van der Waals surface area (Å²) in [7, 11) is 0. The normalized spacial score (nSPS) is 11.4. The van der Waals surface area contributed by atoms with Crippen LogP contribution in [-0.4, -0.2) is 38.6 Å². The van der Waals surface area contributed by atoms with Crippen molar-refractivity contribution in [2.24, 2.45) is 9.98 Å². The predicted octanol–water partition coefficient (Wildman–Crippen LogP) is 2.81. The van der Waals surface area contributed by atoms with E-state index >= 15 is 0 Å². The predicted molar refractivity (Wildman–Crippen MR) is 90.7 cm³/mol. The van der Waals surface area contributed by atoms with Crippen molar-refractivity contribution >= 4 is 12.4 Å². The van der Waals surface area contributed by atoms with Gasteiger partial charge in [-0.3, -0.25) is 9.98 Å². The minimum absolute atomic E-state index is 0.789. The van der Waals surface area contributed by atoms with Crippen LogP contribution >= 0.6 is 0 Å². The van der Waals surface area contributed by atoms with Crippen molar-refractivity contribution in [3.8, 4) is 0 Å². The molecule has 3 nitrogen and oxygen atoms in total. The van der Waals surface area contributed by atoms with Crippen molar-refractivity contribution in [2.75, 3.05) is 26.2 Å². The average Bonchev–Trinajstić information content (AvgIpc) is 2.55. The zero-order chi connectivity index (χ0) is 14.6. The van der Waals surface area contributed by atoms with E-state index in [1.165, 1.54) is 0 Å². The molecule has 0 atom stereocenters. The fourth-order valence-corrected chi connectivity index (χ4v) is 1.83. The number of aliphatic imine (C=N–C) groups is 2. The maximum atomic E-state index is 4.38. The van der Waals surface area contributed by atoms with Crippen molar-refractivity contribution in [1.82, 2.24) is 5.32 Å². The monoisotopic (exact) mass is 279 g/mol. The molecule has 0 heterocycles. The van der Waals surface area contributed by atoms with Crippen LogP contribution in [0.3, 0.4) is 0 Å². The minimum Gasteiger partial charge on any atom is -0.313 e. The quantitative estimate of drug-likeness (QED) is 0.585. The molecule has 3 heteroatoms. The topological polar surface area (TPSA) is 36.8 Å². The molecular weight excluding hydrogens is 258 g/mol. The van der Waals surface area contributed by atoms with E-state index in [4.69, 9.17) is 0 Å². The first kappa shape index (κ1) is 15.1. The number of benzene rings is 2. The molecule has 0 aromatic heterocycles. The largest absolute Gasteiger partial charge is 0.313 e. The zero-order valence-corrected chi connectivity index (χ0v) is 12.2. The van der Waals surface area contributed by atoms with Gasteiger partial charge in [0.05, 0.1) is 13.1 Å². The molecule has 0 aliphatic heterocycles. The summed E-state index contributed by atoms with van der Waals surface area (Å²) in [5.41, 5.74) is 2.29. The Hall–Kier alpha value is -2.26. The highest BCUT2D eigenvalue weighted by atomic mass is 14.9. The molecule has 0 radical (unpaired) electrons. The lowest BCUT2D eigenvalue weighted by atomic mass is 10.2. The Morgan fingerprint density at radius 3 is 1.52 bits per heavy atom. The second kappa shape index (κ2) is 9.61. The van der Waals surface area contributed by atoms with E-state index in [1.807, 2.05) is 48.8 Å². The number of hydrogen-bond donors (Lipinski definition) is 1. The summed E-state index contributed by atoms with van der Waals surface area (Å²) < 4.78 is 0. The summed E-state index contributed by atoms with van der Waals surface area (Å²) in [5, 5.41) is 3.33. The molecule has 2 aromatic carbocycles. The van der Waals surface area contributed by atoms with E-state index in [-0.39, 0.29) is 0 Å². The van der Waals surface area contributed by atoms with Crippen molar-refractivity contribution in [2.45, 2.75) is 0 Å². The summed E-state index contributed by atoms with van der Waals surface area (Å²) in [6.07, 6.45) is 3.82. The van der Waals surface area contributed by atoms with Gasteiger partial charge in [-0.25, -0.2) is 0 Å². The fourth-order valence-electron chi connectivity index (χ4n) is 1.83. The molecule has 0 fully saturated rings. The molecule has 0 saturated heterocycles.